The van der Waals surface area contributed by atoms with Gasteiger partial charge in [-0.25, -0.2) is 9.97 Å². The monoisotopic (exact) mass is 324 g/mol. The molecule has 1 aromatic heterocycles. The maximum Gasteiger partial charge on any atom is 0.275 e. The van der Waals surface area contributed by atoms with Crippen LogP contribution in [0.2, 0.25) is 10.0 Å². The summed E-state index contributed by atoms with van der Waals surface area (Å²) in [6.45, 7) is 2.86. The zero-order valence-electron chi connectivity index (χ0n) is 11.4. The molecule has 5 nitrogen and oxygen atoms in total. The first-order chi connectivity index (χ1) is 10.1. The molecule has 21 heavy (non-hydrogen) atoms. The number of carbonyl (C=O) groups excluding carboxylic acids is 1. The van der Waals surface area contributed by atoms with Gasteiger partial charge in [-0.15, -0.1) is 0 Å². The van der Waals surface area contributed by atoms with Gasteiger partial charge >= 0.3 is 0 Å². The Morgan fingerprint density at radius 1 is 1.14 bits per heavy atom. The Labute approximate surface area is 132 Å². The van der Waals surface area contributed by atoms with Gasteiger partial charge in [-0.2, -0.15) is 0 Å². The molecule has 2 aromatic rings. The smallest absolute Gasteiger partial charge is 0.275 e. The summed E-state index contributed by atoms with van der Waals surface area (Å²) in [4.78, 5) is 20.2. The van der Waals surface area contributed by atoms with Crippen LogP contribution in [0.5, 0.6) is 0 Å². The molecule has 2 rings (SSSR count). The van der Waals surface area contributed by atoms with Gasteiger partial charge in [0.2, 0.25) is 0 Å². The lowest BCUT2D eigenvalue weighted by Crippen LogP contribution is -2.14. The van der Waals surface area contributed by atoms with Crippen molar-refractivity contribution in [2.24, 2.45) is 0 Å². The number of anilines is 2. The van der Waals surface area contributed by atoms with Crippen molar-refractivity contribution in [2.45, 2.75) is 13.3 Å². The minimum Gasteiger partial charge on any atom is -0.369 e. The molecule has 0 aliphatic carbocycles. The van der Waals surface area contributed by atoms with Gasteiger partial charge in [0.15, 0.2) is 0 Å². The molecular weight excluding hydrogens is 311 g/mol. The lowest BCUT2D eigenvalue weighted by molar-refractivity contribution is 0.102. The highest BCUT2D eigenvalue weighted by atomic mass is 35.5. The second-order valence-corrected chi connectivity index (χ2v) is 5.20. The molecule has 110 valence electrons. The van der Waals surface area contributed by atoms with Crippen molar-refractivity contribution in [3.8, 4) is 0 Å². The van der Waals surface area contributed by atoms with Gasteiger partial charge in [-0.05, 0) is 24.6 Å². The third kappa shape index (κ3) is 4.58. The van der Waals surface area contributed by atoms with E-state index in [1.165, 1.54) is 12.4 Å². The highest BCUT2D eigenvalue weighted by Gasteiger charge is 2.09. The van der Waals surface area contributed by atoms with Crippen molar-refractivity contribution in [1.29, 1.82) is 0 Å². The van der Waals surface area contributed by atoms with Gasteiger partial charge in [0.25, 0.3) is 5.91 Å². The standard InChI is InChI=1S/C14H14Cl2N4O/c1-2-3-17-13-8-18-12(7-19-13)14(21)20-11-5-9(15)4-10(16)6-11/h4-8H,2-3H2,1H3,(H,17,19)(H,20,21). The fourth-order valence-electron chi connectivity index (χ4n) is 1.61. The summed E-state index contributed by atoms with van der Waals surface area (Å²) in [5, 5.41) is 6.65. The molecule has 7 heteroatoms. The summed E-state index contributed by atoms with van der Waals surface area (Å²) < 4.78 is 0. The maximum atomic E-state index is 12.0. The topological polar surface area (TPSA) is 66.9 Å². The van der Waals surface area contributed by atoms with Crippen LogP contribution in [0.15, 0.2) is 30.6 Å². The number of benzene rings is 1. The van der Waals surface area contributed by atoms with E-state index in [1.54, 1.807) is 18.2 Å². The number of carbonyl (C=O) groups is 1. The molecule has 1 aromatic carbocycles. The summed E-state index contributed by atoms with van der Waals surface area (Å²) in [5.74, 6) is 0.266. The van der Waals surface area contributed by atoms with E-state index in [9.17, 15) is 4.79 Å². The average molecular weight is 325 g/mol. The zero-order valence-corrected chi connectivity index (χ0v) is 12.9. The molecule has 0 atom stereocenters. The van der Waals surface area contributed by atoms with Crippen LogP contribution in [-0.2, 0) is 0 Å². The number of hydrogen-bond acceptors (Lipinski definition) is 4. The normalized spacial score (nSPS) is 10.2. The van der Waals surface area contributed by atoms with Crippen molar-refractivity contribution >= 4 is 40.6 Å². The van der Waals surface area contributed by atoms with Crippen LogP contribution < -0.4 is 10.6 Å². The Hall–Kier alpha value is -1.85. The Morgan fingerprint density at radius 3 is 2.43 bits per heavy atom. The van der Waals surface area contributed by atoms with E-state index in [2.05, 4.69) is 27.5 Å². The van der Waals surface area contributed by atoms with Crippen molar-refractivity contribution in [3.05, 3.63) is 46.3 Å². The predicted octanol–water partition coefficient (Wildman–Crippen LogP) is 3.86. The summed E-state index contributed by atoms with van der Waals surface area (Å²) in [7, 11) is 0. The Kier molecular flexibility index (Phi) is 5.36. The van der Waals surface area contributed by atoms with Crippen molar-refractivity contribution < 1.29 is 4.79 Å². The van der Waals surface area contributed by atoms with Gasteiger partial charge in [0.1, 0.15) is 11.5 Å². The van der Waals surface area contributed by atoms with Crippen molar-refractivity contribution in [2.75, 3.05) is 17.2 Å². The maximum absolute atomic E-state index is 12.0. The van der Waals surface area contributed by atoms with Crippen LogP contribution in [0, 0.1) is 0 Å². The molecule has 0 aliphatic heterocycles. The Bertz CT molecular complexity index is 611. The second-order valence-electron chi connectivity index (χ2n) is 4.33. The predicted molar refractivity (Wildman–Crippen MR) is 85.2 cm³/mol. The summed E-state index contributed by atoms with van der Waals surface area (Å²) in [5.41, 5.74) is 0.723. The van der Waals surface area contributed by atoms with Crippen LogP contribution in [0.4, 0.5) is 11.5 Å². The lowest BCUT2D eigenvalue weighted by Gasteiger charge is -2.07. The number of amides is 1. The molecule has 0 radical (unpaired) electrons. The first-order valence-electron chi connectivity index (χ1n) is 6.42. The molecule has 0 bridgehead atoms. The number of nitrogens with one attached hydrogen (secondary N) is 2. The summed E-state index contributed by atoms with van der Waals surface area (Å²) in [6, 6.07) is 4.80. The van der Waals surface area contributed by atoms with Crippen molar-refractivity contribution in [1.82, 2.24) is 9.97 Å². The van der Waals surface area contributed by atoms with Crippen molar-refractivity contribution in [3.63, 3.8) is 0 Å². The van der Waals surface area contributed by atoms with E-state index in [0.29, 0.717) is 21.6 Å². The second kappa shape index (κ2) is 7.24. The molecule has 0 saturated heterocycles. The van der Waals surface area contributed by atoms with Gasteiger partial charge in [0, 0.05) is 22.3 Å². The minimum absolute atomic E-state index is 0.216. The number of rotatable bonds is 5. The quantitative estimate of drug-likeness (QED) is 0.876. The molecule has 1 amide bonds. The molecule has 2 N–H and O–H groups in total. The lowest BCUT2D eigenvalue weighted by atomic mass is 10.3. The summed E-state index contributed by atoms with van der Waals surface area (Å²) in [6.07, 6.45) is 3.93. The molecule has 0 spiro atoms. The highest BCUT2D eigenvalue weighted by molar-refractivity contribution is 6.35. The first kappa shape index (κ1) is 15.5. The highest BCUT2D eigenvalue weighted by Crippen LogP contribution is 2.22. The minimum atomic E-state index is -0.372. The third-order valence-electron chi connectivity index (χ3n) is 2.56. The van der Waals surface area contributed by atoms with Gasteiger partial charge in [-0.3, -0.25) is 4.79 Å². The molecule has 1 heterocycles. The molecular formula is C14H14Cl2N4O. The fraction of sp³-hybridized carbons (Fsp3) is 0.214. The molecule has 0 aliphatic rings. The van der Waals surface area contributed by atoms with E-state index in [-0.39, 0.29) is 11.6 Å². The number of halogens is 2. The van der Waals surface area contributed by atoms with E-state index >= 15 is 0 Å². The number of nitrogens with zero attached hydrogens (tertiary/aromatic N) is 2. The number of hydrogen-bond donors (Lipinski definition) is 2. The van der Waals surface area contributed by atoms with Crippen LogP contribution in [-0.4, -0.2) is 22.4 Å². The van der Waals surface area contributed by atoms with Crippen LogP contribution in [0.1, 0.15) is 23.8 Å². The van der Waals surface area contributed by atoms with Crippen LogP contribution in [0.25, 0.3) is 0 Å². The summed E-state index contributed by atoms with van der Waals surface area (Å²) >= 11 is 11.8. The Balaban J connectivity index is 2.06. The fourth-order valence-corrected chi connectivity index (χ4v) is 2.14. The zero-order chi connectivity index (χ0) is 15.2. The SMILES string of the molecule is CCCNc1cnc(C(=O)Nc2cc(Cl)cc(Cl)c2)cn1. The van der Waals surface area contributed by atoms with Crippen LogP contribution >= 0.6 is 23.2 Å². The van der Waals surface area contributed by atoms with E-state index in [4.69, 9.17) is 23.2 Å². The molecule has 0 fully saturated rings. The van der Waals surface area contributed by atoms with E-state index in [0.717, 1.165) is 13.0 Å². The Morgan fingerprint density at radius 2 is 1.86 bits per heavy atom. The van der Waals surface area contributed by atoms with Gasteiger partial charge in [0.05, 0.1) is 12.4 Å². The third-order valence-corrected chi connectivity index (χ3v) is 3.00. The molecule has 0 unspecified atom stereocenters. The average Bonchev–Trinajstić information content (AvgIpc) is 2.44. The largest absolute Gasteiger partial charge is 0.369 e. The number of aromatic nitrogens is 2. The van der Waals surface area contributed by atoms with E-state index < -0.39 is 0 Å². The van der Waals surface area contributed by atoms with Gasteiger partial charge < -0.3 is 10.6 Å². The van der Waals surface area contributed by atoms with Gasteiger partial charge in [-0.1, -0.05) is 30.1 Å². The van der Waals surface area contributed by atoms with E-state index in [1.807, 2.05) is 0 Å². The van der Waals surface area contributed by atoms with Crippen LogP contribution in [0.3, 0.4) is 0 Å². The first-order valence-corrected chi connectivity index (χ1v) is 7.17. The molecule has 0 saturated carbocycles.